The Labute approximate surface area is 149 Å². The minimum absolute atomic E-state index is 0. The zero-order valence-electron chi connectivity index (χ0n) is 13.8. The Morgan fingerprint density at radius 2 is 2.04 bits per heavy atom. The van der Waals surface area contributed by atoms with Crippen LogP contribution in [0.4, 0.5) is 0 Å². The molecule has 4 N–H and O–H groups in total. The van der Waals surface area contributed by atoms with Crippen molar-refractivity contribution in [2.75, 3.05) is 6.54 Å². The number of carbonyl (C=O) groups is 2. The van der Waals surface area contributed by atoms with Gasteiger partial charge in [0, 0.05) is 18.2 Å². The van der Waals surface area contributed by atoms with E-state index in [0.717, 1.165) is 12.0 Å². The van der Waals surface area contributed by atoms with Crippen LogP contribution in [-0.4, -0.2) is 30.4 Å². The van der Waals surface area contributed by atoms with Gasteiger partial charge in [-0.1, -0.05) is 25.0 Å². The Balaban J connectivity index is 0.00000208. The van der Waals surface area contributed by atoms with E-state index in [2.05, 4.69) is 10.6 Å². The molecule has 1 saturated heterocycles. The van der Waals surface area contributed by atoms with Crippen molar-refractivity contribution in [3.05, 3.63) is 35.4 Å². The maximum Gasteiger partial charge on any atom is 0.248 e. The summed E-state index contributed by atoms with van der Waals surface area (Å²) in [6, 6.07) is 7.75. The highest BCUT2D eigenvalue weighted by Gasteiger charge is 2.37. The molecular weight excluding hydrogens is 326 g/mol. The van der Waals surface area contributed by atoms with E-state index in [1.54, 1.807) is 12.1 Å². The number of primary amides is 1. The fraction of sp³-hybridized carbons (Fsp3) is 0.556. The Hall–Kier alpha value is -1.59. The zero-order valence-corrected chi connectivity index (χ0v) is 14.6. The number of fused-ring (bicyclic) bond motifs is 1. The van der Waals surface area contributed by atoms with Crippen molar-refractivity contribution in [1.82, 2.24) is 10.6 Å². The molecule has 1 aromatic carbocycles. The second-order valence-corrected chi connectivity index (χ2v) is 6.71. The van der Waals surface area contributed by atoms with Crippen LogP contribution in [0.3, 0.4) is 0 Å². The lowest BCUT2D eigenvalue weighted by Gasteiger charge is -2.24. The van der Waals surface area contributed by atoms with Gasteiger partial charge in [0.15, 0.2) is 0 Å². The first-order valence-corrected chi connectivity index (χ1v) is 8.56. The van der Waals surface area contributed by atoms with Crippen molar-refractivity contribution in [2.24, 2.45) is 11.7 Å². The molecule has 6 heteroatoms. The molecule has 0 aromatic heterocycles. The van der Waals surface area contributed by atoms with Crippen LogP contribution in [0.1, 0.15) is 48.0 Å². The summed E-state index contributed by atoms with van der Waals surface area (Å²) in [6.07, 6.45) is 6.70. The Morgan fingerprint density at radius 3 is 2.79 bits per heavy atom. The number of hydrogen-bond acceptors (Lipinski definition) is 3. The molecule has 3 rings (SSSR count). The summed E-state index contributed by atoms with van der Waals surface area (Å²) in [5, 5.41) is 6.51. The molecule has 1 aliphatic heterocycles. The number of nitrogens with two attached hydrogens (primary N) is 1. The molecular formula is C18H26ClN3O2. The van der Waals surface area contributed by atoms with E-state index in [0.29, 0.717) is 30.5 Å². The van der Waals surface area contributed by atoms with Crippen LogP contribution in [0.15, 0.2) is 24.3 Å². The lowest BCUT2D eigenvalue weighted by molar-refractivity contribution is -0.122. The van der Waals surface area contributed by atoms with Gasteiger partial charge in [-0.05, 0) is 49.3 Å². The third-order valence-corrected chi connectivity index (χ3v) is 5.10. The van der Waals surface area contributed by atoms with Crippen molar-refractivity contribution >= 4 is 24.2 Å². The standard InChI is InChI=1S/C18H25N3O2.ClH/c19-17(22)14-6-3-4-12(10-14)8-9-20-18(23)16-11-13-5-1-2-7-15(13)21-16;/h3-4,6,10,13,15-16,21H,1-2,5,7-9,11H2,(H2,19,22)(H,20,23);1H. The molecule has 1 saturated carbocycles. The number of benzene rings is 1. The van der Waals surface area contributed by atoms with Gasteiger partial charge in [-0.15, -0.1) is 12.4 Å². The zero-order chi connectivity index (χ0) is 16.2. The largest absolute Gasteiger partial charge is 0.366 e. The highest BCUT2D eigenvalue weighted by molar-refractivity contribution is 5.92. The van der Waals surface area contributed by atoms with Gasteiger partial charge in [-0.2, -0.15) is 0 Å². The van der Waals surface area contributed by atoms with Crippen LogP contribution < -0.4 is 16.4 Å². The molecule has 2 aliphatic rings. The van der Waals surface area contributed by atoms with Crippen LogP contribution >= 0.6 is 12.4 Å². The third-order valence-electron chi connectivity index (χ3n) is 5.10. The monoisotopic (exact) mass is 351 g/mol. The second kappa shape index (κ2) is 8.49. The van der Waals surface area contributed by atoms with E-state index in [-0.39, 0.29) is 24.4 Å². The summed E-state index contributed by atoms with van der Waals surface area (Å²) in [6.45, 7) is 0.578. The van der Waals surface area contributed by atoms with E-state index in [1.807, 2.05) is 12.1 Å². The summed E-state index contributed by atoms with van der Waals surface area (Å²) >= 11 is 0. The fourth-order valence-electron chi connectivity index (χ4n) is 3.85. The Bertz CT molecular complexity index is 579. The lowest BCUT2D eigenvalue weighted by atomic mass is 9.85. The van der Waals surface area contributed by atoms with Crippen LogP contribution in [0, 0.1) is 5.92 Å². The normalized spacial score (nSPS) is 25.4. The van der Waals surface area contributed by atoms with Gasteiger partial charge in [-0.3, -0.25) is 9.59 Å². The van der Waals surface area contributed by atoms with E-state index < -0.39 is 5.91 Å². The maximum atomic E-state index is 12.3. The van der Waals surface area contributed by atoms with Gasteiger partial charge < -0.3 is 16.4 Å². The molecule has 132 valence electrons. The van der Waals surface area contributed by atoms with Crippen LogP contribution in [-0.2, 0) is 11.2 Å². The average Bonchev–Trinajstić information content (AvgIpc) is 2.99. The van der Waals surface area contributed by atoms with Gasteiger partial charge >= 0.3 is 0 Å². The molecule has 1 heterocycles. The number of halogens is 1. The van der Waals surface area contributed by atoms with Crippen LogP contribution in [0.25, 0.3) is 0 Å². The molecule has 5 nitrogen and oxygen atoms in total. The van der Waals surface area contributed by atoms with Crippen LogP contribution in [0.2, 0.25) is 0 Å². The maximum absolute atomic E-state index is 12.3. The molecule has 3 unspecified atom stereocenters. The smallest absolute Gasteiger partial charge is 0.248 e. The SMILES string of the molecule is Cl.NC(=O)c1cccc(CCNC(=O)C2CC3CCCCC3N2)c1. The summed E-state index contributed by atoms with van der Waals surface area (Å²) in [4.78, 5) is 23.5. The molecule has 0 bridgehead atoms. The van der Waals surface area contributed by atoms with Crippen molar-refractivity contribution in [3.8, 4) is 0 Å². The summed E-state index contributed by atoms with van der Waals surface area (Å²) in [5.41, 5.74) is 6.80. The van der Waals surface area contributed by atoms with E-state index in [1.165, 1.54) is 25.7 Å². The van der Waals surface area contributed by atoms with Gasteiger partial charge in [0.25, 0.3) is 0 Å². The summed E-state index contributed by atoms with van der Waals surface area (Å²) in [7, 11) is 0. The number of hydrogen-bond donors (Lipinski definition) is 3. The number of nitrogens with one attached hydrogen (secondary N) is 2. The fourth-order valence-corrected chi connectivity index (χ4v) is 3.85. The molecule has 24 heavy (non-hydrogen) atoms. The number of rotatable bonds is 5. The van der Waals surface area contributed by atoms with E-state index >= 15 is 0 Å². The molecule has 3 atom stereocenters. The number of amides is 2. The van der Waals surface area contributed by atoms with E-state index in [9.17, 15) is 9.59 Å². The molecule has 0 spiro atoms. The van der Waals surface area contributed by atoms with Gasteiger partial charge in [0.1, 0.15) is 0 Å². The van der Waals surface area contributed by atoms with Crippen LogP contribution in [0.5, 0.6) is 0 Å². The molecule has 2 amide bonds. The summed E-state index contributed by atoms with van der Waals surface area (Å²) < 4.78 is 0. The van der Waals surface area contributed by atoms with Crippen molar-refractivity contribution in [3.63, 3.8) is 0 Å². The Kier molecular flexibility index (Phi) is 6.63. The van der Waals surface area contributed by atoms with E-state index in [4.69, 9.17) is 5.73 Å². The average molecular weight is 352 g/mol. The minimum Gasteiger partial charge on any atom is -0.366 e. The highest BCUT2D eigenvalue weighted by atomic mass is 35.5. The minimum atomic E-state index is -0.423. The first-order chi connectivity index (χ1) is 11.1. The predicted molar refractivity (Wildman–Crippen MR) is 96.2 cm³/mol. The molecule has 1 aliphatic carbocycles. The predicted octanol–water partition coefficient (Wildman–Crippen LogP) is 1.79. The van der Waals surface area contributed by atoms with Gasteiger partial charge in [0.2, 0.25) is 11.8 Å². The molecule has 0 radical (unpaired) electrons. The molecule has 1 aromatic rings. The van der Waals surface area contributed by atoms with Crippen molar-refractivity contribution < 1.29 is 9.59 Å². The Morgan fingerprint density at radius 1 is 1.25 bits per heavy atom. The quantitative estimate of drug-likeness (QED) is 0.756. The second-order valence-electron chi connectivity index (χ2n) is 6.71. The summed E-state index contributed by atoms with van der Waals surface area (Å²) in [5.74, 6) is 0.353. The first-order valence-electron chi connectivity index (χ1n) is 8.56. The highest BCUT2D eigenvalue weighted by Crippen LogP contribution is 2.33. The number of carbonyl (C=O) groups excluding carboxylic acids is 2. The first kappa shape index (κ1) is 18.7. The van der Waals surface area contributed by atoms with Gasteiger partial charge in [0.05, 0.1) is 6.04 Å². The van der Waals surface area contributed by atoms with Gasteiger partial charge in [-0.25, -0.2) is 0 Å². The van der Waals surface area contributed by atoms with Crippen molar-refractivity contribution in [1.29, 1.82) is 0 Å². The third kappa shape index (κ3) is 4.48. The lowest BCUT2D eigenvalue weighted by Crippen LogP contribution is -2.43. The molecule has 2 fully saturated rings. The topological polar surface area (TPSA) is 84.2 Å². The van der Waals surface area contributed by atoms with Crippen molar-refractivity contribution in [2.45, 2.75) is 50.6 Å².